The minimum Gasteiger partial charge on any atom is -0.497 e. The molecule has 0 unspecified atom stereocenters. The molecule has 0 aromatic heterocycles. The largest absolute Gasteiger partial charge is 0.497 e. The van der Waals surface area contributed by atoms with E-state index in [2.05, 4.69) is 15.8 Å². The molecule has 0 atom stereocenters. The third kappa shape index (κ3) is 5.40. The number of hydrogen-bond donors (Lipinski definition) is 2. The van der Waals surface area contributed by atoms with E-state index < -0.39 is 5.91 Å². The van der Waals surface area contributed by atoms with Crippen LogP contribution in [0.1, 0.15) is 15.9 Å². The minimum atomic E-state index is -0.429. The lowest BCUT2D eigenvalue weighted by molar-refractivity contribution is -0.120. The molecule has 124 valence electrons. The molecular formula is C17H16ClN3O3. The number of hydrogen-bond acceptors (Lipinski definition) is 4. The van der Waals surface area contributed by atoms with Gasteiger partial charge in [-0.05, 0) is 42.0 Å². The maximum atomic E-state index is 11.9. The molecule has 2 amide bonds. The van der Waals surface area contributed by atoms with Crippen LogP contribution < -0.4 is 15.5 Å². The number of carbonyl (C=O) groups is 2. The monoisotopic (exact) mass is 345 g/mol. The Labute approximate surface area is 144 Å². The first-order chi connectivity index (χ1) is 11.6. The number of carbonyl (C=O) groups excluding carboxylic acids is 2. The van der Waals surface area contributed by atoms with Crippen LogP contribution in [0.5, 0.6) is 5.75 Å². The normalized spacial score (nSPS) is 10.4. The zero-order chi connectivity index (χ0) is 17.4. The summed E-state index contributed by atoms with van der Waals surface area (Å²) in [6.45, 7) is -0.178. The van der Waals surface area contributed by atoms with Crippen molar-refractivity contribution in [2.75, 3.05) is 13.7 Å². The molecule has 0 heterocycles. The second-order valence-electron chi connectivity index (χ2n) is 4.76. The molecule has 2 aromatic carbocycles. The number of halogens is 1. The summed E-state index contributed by atoms with van der Waals surface area (Å²) in [6, 6.07) is 13.6. The van der Waals surface area contributed by atoms with Gasteiger partial charge in [0.05, 0.1) is 19.9 Å². The van der Waals surface area contributed by atoms with E-state index in [1.807, 2.05) is 0 Å². The van der Waals surface area contributed by atoms with Gasteiger partial charge in [0.1, 0.15) is 5.75 Å². The molecule has 0 bridgehead atoms. The fourth-order valence-electron chi connectivity index (χ4n) is 1.77. The standard InChI is InChI=1S/C17H16ClN3O3/c1-24-15-8-4-13(5-9-15)17(23)19-11-16(22)21-20-10-12-2-6-14(18)7-3-12/h2-10H,11H2,1H3,(H,19,23)(H,21,22)/b20-10-. The maximum absolute atomic E-state index is 11.9. The summed E-state index contributed by atoms with van der Waals surface area (Å²) in [7, 11) is 1.55. The van der Waals surface area contributed by atoms with Crippen molar-refractivity contribution in [1.82, 2.24) is 10.7 Å². The van der Waals surface area contributed by atoms with Gasteiger partial charge >= 0.3 is 0 Å². The predicted molar refractivity (Wildman–Crippen MR) is 92.5 cm³/mol. The summed E-state index contributed by atoms with van der Waals surface area (Å²) in [5.41, 5.74) is 3.57. The van der Waals surface area contributed by atoms with E-state index in [-0.39, 0.29) is 12.5 Å². The van der Waals surface area contributed by atoms with Crippen LogP contribution in [0.4, 0.5) is 0 Å². The fraction of sp³-hybridized carbons (Fsp3) is 0.118. The Morgan fingerprint density at radius 3 is 2.42 bits per heavy atom. The first kappa shape index (κ1) is 17.5. The Kier molecular flexibility index (Phi) is 6.33. The Balaban J connectivity index is 1.77. The van der Waals surface area contributed by atoms with E-state index in [4.69, 9.17) is 16.3 Å². The molecule has 0 radical (unpaired) electrons. The molecule has 2 aromatic rings. The number of rotatable bonds is 6. The molecule has 6 nitrogen and oxygen atoms in total. The minimum absolute atomic E-state index is 0.178. The molecule has 2 N–H and O–H groups in total. The zero-order valence-corrected chi connectivity index (χ0v) is 13.7. The highest BCUT2D eigenvalue weighted by molar-refractivity contribution is 6.30. The van der Waals surface area contributed by atoms with Crippen LogP contribution in [0.25, 0.3) is 0 Å². The van der Waals surface area contributed by atoms with E-state index in [1.54, 1.807) is 55.6 Å². The lowest BCUT2D eigenvalue weighted by Gasteiger charge is -2.05. The van der Waals surface area contributed by atoms with Gasteiger partial charge in [-0.25, -0.2) is 5.43 Å². The van der Waals surface area contributed by atoms with E-state index in [0.29, 0.717) is 16.3 Å². The zero-order valence-electron chi connectivity index (χ0n) is 13.0. The van der Waals surface area contributed by atoms with E-state index in [1.165, 1.54) is 6.21 Å². The average molecular weight is 346 g/mol. The number of methoxy groups -OCH3 is 1. The lowest BCUT2D eigenvalue weighted by atomic mass is 10.2. The number of hydrazone groups is 1. The van der Waals surface area contributed by atoms with Crippen LogP contribution in [0.3, 0.4) is 0 Å². The molecule has 0 aliphatic rings. The van der Waals surface area contributed by atoms with Crippen LogP contribution >= 0.6 is 11.6 Å². The number of nitrogens with one attached hydrogen (secondary N) is 2. The van der Waals surface area contributed by atoms with Gasteiger partial charge in [0.15, 0.2) is 0 Å². The van der Waals surface area contributed by atoms with Gasteiger partial charge in [-0.2, -0.15) is 5.10 Å². The SMILES string of the molecule is COc1ccc(C(=O)NCC(=O)N/N=C\c2ccc(Cl)cc2)cc1. The van der Waals surface area contributed by atoms with Crippen LogP contribution in [0.2, 0.25) is 5.02 Å². The van der Waals surface area contributed by atoms with Crippen molar-refractivity contribution < 1.29 is 14.3 Å². The topological polar surface area (TPSA) is 79.8 Å². The van der Waals surface area contributed by atoms with Crippen molar-refractivity contribution >= 4 is 29.6 Å². The average Bonchev–Trinajstić information content (AvgIpc) is 2.61. The lowest BCUT2D eigenvalue weighted by Crippen LogP contribution is -2.34. The van der Waals surface area contributed by atoms with Gasteiger partial charge in [0, 0.05) is 10.6 Å². The number of nitrogens with zero attached hydrogens (tertiary/aromatic N) is 1. The van der Waals surface area contributed by atoms with Gasteiger partial charge in [-0.1, -0.05) is 23.7 Å². The smallest absolute Gasteiger partial charge is 0.259 e. The molecule has 0 aliphatic carbocycles. The van der Waals surface area contributed by atoms with E-state index in [9.17, 15) is 9.59 Å². The first-order valence-corrected chi connectivity index (χ1v) is 7.46. The van der Waals surface area contributed by atoms with Crippen LogP contribution in [0.15, 0.2) is 53.6 Å². The van der Waals surface area contributed by atoms with Crippen molar-refractivity contribution in [3.05, 3.63) is 64.7 Å². The summed E-state index contributed by atoms with van der Waals surface area (Å²) in [4.78, 5) is 23.5. The summed E-state index contributed by atoms with van der Waals surface area (Å²) < 4.78 is 5.02. The Hall–Kier alpha value is -2.86. The second-order valence-corrected chi connectivity index (χ2v) is 5.19. The molecule has 0 aliphatic heterocycles. The molecule has 7 heteroatoms. The highest BCUT2D eigenvalue weighted by Crippen LogP contribution is 2.11. The molecular weight excluding hydrogens is 330 g/mol. The molecule has 0 spiro atoms. The van der Waals surface area contributed by atoms with Gasteiger partial charge in [-0.3, -0.25) is 9.59 Å². The summed E-state index contributed by atoms with van der Waals surface area (Å²) in [5.74, 6) is -0.127. The summed E-state index contributed by atoms with van der Waals surface area (Å²) >= 11 is 5.77. The highest BCUT2D eigenvalue weighted by atomic mass is 35.5. The Morgan fingerprint density at radius 2 is 1.79 bits per heavy atom. The third-order valence-corrected chi connectivity index (χ3v) is 3.29. The van der Waals surface area contributed by atoms with Crippen molar-refractivity contribution in [3.8, 4) is 5.75 Å². The van der Waals surface area contributed by atoms with Gasteiger partial charge in [0.2, 0.25) is 0 Å². The molecule has 0 saturated carbocycles. The van der Waals surface area contributed by atoms with Crippen molar-refractivity contribution in [2.45, 2.75) is 0 Å². The Morgan fingerprint density at radius 1 is 1.12 bits per heavy atom. The van der Waals surface area contributed by atoms with Crippen molar-refractivity contribution in [2.24, 2.45) is 5.10 Å². The van der Waals surface area contributed by atoms with Gasteiger partial charge in [0.25, 0.3) is 11.8 Å². The van der Waals surface area contributed by atoms with Gasteiger partial charge < -0.3 is 10.1 Å². The fourth-order valence-corrected chi connectivity index (χ4v) is 1.90. The summed E-state index contributed by atoms with van der Waals surface area (Å²) in [6.07, 6.45) is 1.49. The molecule has 0 fully saturated rings. The van der Waals surface area contributed by atoms with Crippen molar-refractivity contribution in [1.29, 1.82) is 0 Å². The second kappa shape index (κ2) is 8.69. The maximum Gasteiger partial charge on any atom is 0.259 e. The molecule has 2 rings (SSSR count). The quantitative estimate of drug-likeness (QED) is 0.622. The third-order valence-electron chi connectivity index (χ3n) is 3.03. The summed E-state index contributed by atoms with van der Waals surface area (Å²) in [5, 5.41) is 6.94. The van der Waals surface area contributed by atoms with E-state index >= 15 is 0 Å². The van der Waals surface area contributed by atoms with Crippen LogP contribution in [-0.2, 0) is 4.79 Å². The van der Waals surface area contributed by atoms with Crippen molar-refractivity contribution in [3.63, 3.8) is 0 Å². The van der Waals surface area contributed by atoms with Crippen LogP contribution in [-0.4, -0.2) is 31.7 Å². The first-order valence-electron chi connectivity index (χ1n) is 7.08. The number of amides is 2. The number of ether oxygens (including phenoxy) is 1. The number of benzene rings is 2. The van der Waals surface area contributed by atoms with Gasteiger partial charge in [-0.15, -0.1) is 0 Å². The Bertz CT molecular complexity index is 728. The molecule has 24 heavy (non-hydrogen) atoms. The van der Waals surface area contributed by atoms with E-state index in [0.717, 1.165) is 5.56 Å². The predicted octanol–water partition coefficient (Wildman–Crippen LogP) is 2.23. The molecule has 0 saturated heterocycles. The van der Waals surface area contributed by atoms with Crippen LogP contribution in [0, 0.1) is 0 Å². The highest BCUT2D eigenvalue weighted by Gasteiger charge is 2.07.